The van der Waals surface area contributed by atoms with Crippen LogP contribution in [-0.4, -0.2) is 4.21 Å². The van der Waals surface area contributed by atoms with Gasteiger partial charge in [0.15, 0.2) is 0 Å². The molecule has 0 aliphatic carbocycles. The van der Waals surface area contributed by atoms with Crippen molar-refractivity contribution in [2.45, 2.75) is 10.6 Å². The standard InChI is InChI=1S/C13H10Cl3NOS/c14-9-1-4-13(17)8(5-9)7-19(18)10-2-3-11(15)12(16)6-10/h1-6H,7,17H2. The van der Waals surface area contributed by atoms with Crippen LogP contribution in [0.2, 0.25) is 15.1 Å². The van der Waals surface area contributed by atoms with E-state index in [2.05, 4.69) is 0 Å². The van der Waals surface area contributed by atoms with Crippen molar-refractivity contribution >= 4 is 51.3 Å². The fourth-order valence-corrected chi connectivity index (χ4v) is 3.27. The van der Waals surface area contributed by atoms with E-state index >= 15 is 0 Å². The third-order valence-corrected chi connectivity index (χ3v) is 4.87. The maximum absolute atomic E-state index is 12.3. The van der Waals surface area contributed by atoms with Gasteiger partial charge in [-0.3, -0.25) is 4.21 Å². The first-order chi connectivity index (χ1) is 8.97. The van der Waals surface area contributed by atoms with Crippen LogP contribution in [0.1, 0.15) is 5.56 Å². The van der Waals surface area contributed by atoms with Crippen molar-refractivity contribution in [2.75, 3.05) is 5.73 Å². The van der Waals surface area contributed by atoms with Gasteiger partial charge < -0.3 is 5.73 Å². The molecule has 100 valence electrons. The van der Waals surface area contributed by atoms with Gasteiger partial charge in [-0.25, -0.2) is 0 Å². The number of anilines is 1. The van der Waals surface area contributed by atoms with Crippen molar-refractivity contribution in [3.63, 3.8) is 0 Å². The van der Waals surface area contributed by atoms with E-state index in [0.29, 0.717) is 25.7 Å². The van der Waals surface area contributed by atoms with Gasteiger partial charge in [0.2, 0.25) is 0 Å². The molecule has 0 heterocycles. The van der Waals surface area contributed by atoms with Crippen LogP contribution in [0.4, 0.5) is 5.69 Å². The van der Waals surface area contributed by atoms with Crippen LogP contribution < -0.4 is 5.73 Å². The molecule has 0 bridgehead atoms. The number of nitrogen functional groups attached to an aromatic ring is 1. The van der Waals surface area contributed by atoms with E-state index in [1.807, 2.05) is 0 Å². The lowest BCUT2D eigenvalue weighted by atomic mass is 10.2. The molecule has 6 heteroatoms. The Balaban J connectivity index is 2.25. The minimum Gasteiger partial charge on any atom is -0.398 e. The first kappa shape index (κ1) is 14.7. The fourth-order valence-electron chi connectivity index (χ4n) is 1.54. The van der Waals surface area contributed by atoms with Crippen molar-refractivity contribution in [2.24, 2.45) is 0 Å². The van der Waals surface area contributed by atoms with E-state index in [1.165, 1.54) is 0 Å². The van der Waals surface area contributed by atoms with Gasteiger partial charge in [-0.2, -0.15) is 0 Å². The molecule has 2 N–H and O–H groups in total. The highest BCUT2D eigenvalue weighted by molar-refractivity contribution is 7.84. The highest BCUT2D eigenvalue weighted by atomic mass is 35.5. The number of hydrogen-bond donors (Lipinski definition) is 1. The average molecular weight is 335 g/mol. The quantitative estimate of drug-likeness (QED) is 0.838. The first-order valence-electron chi connectivity index (χ1n) is 5.34. The maximum Gasteiger partial charge on any atom is 0.0604 e. The summed E-state index contributed by atoms with van der Waals surface area (Å²) in [7, 11) is -1.25. The summed E-state index contributed by atoms with van der Waals surface area (Å²) in [5.41, 5.74) is 7.14. The van der Waals surface area contributed by atoms with Gasteiger partial charge in [0.1, 0.15) is 0 Å². The van der Waals surface area contributed by atoms with Crippen molar-refractivity contribution < 1.29 is 4.21 Å². The number of halogens is 3. The molecule has 1 atom stereocenters. The number of hydrogen-bond acceptors (Lipinski definition) is 2. The molecule has 0 radical (unpaired) electrons. The summed E-state index contributed by atoms with van der Waals surface area (Å²) in [5, 5.41) is 1.38. The molecule has 0 aliphatic heterocycles. The Morgan fingerprint density at radius 1 is 1.00 bits per heavy atom. The molecule has 2 nitrogen and oxygen atoms in total. The van der Waals surface area contributed by atoms with Crippen LogP contribution in [0.25, 0.3) is 0 Å². The highest BCUT2D eigenvalue weighted by Gasteiger charge is 2.10. The van der Waals surface area contributed by atoms with Crippen molar-refractivity contribution in [1.29, 1.82) is 0 Å². The second-order valence-corrected chi connectivity index (χ2v) is 6.61. The molecule has 2 aromatic carbocycles. The topological polar surface area (TPSA) is 43.1 Å². The van der Waals surface area contributed by atoms with Gasteiger partial charge in [-0.05, 0) is 42.0 Å². The minimum atomic E-state index is -1.25. The van der Waals surface area contributed by atoms with E-state index in [1.54, 1.807) is 36.4 Å². The van der Waals surface area contributed by atoms with E-state index in [0.717, 1.165) is 5.56 Å². The predicted molar refractivity (Wildman–Crippen MR) is 82.4 cm³/mol. The SMILES string of the molecule is Nc1ccc(Cl)cc1CS(=O)c1ccc(Cl)c(Cl)c1. The molecule has 0 aromatic heterocycles. The first-order valence-corrected chi connectivity index (χ1v) is 7.80. The monoisotopic (exact) mass is 333 g/mol. The van der Waals surface area contributed by atoms with Crippen LogP contribution in [0.15, 0.2) is 41.3 Å². The second-order valence-electron chi connectivity index (χ2n) is 3.91. The fraction of sp³-hybridized carbons (Fsp3) is 0.0769. The zero-order valence-electron chi connectivity index (χ0n) is 9.70. The number of benzene rings is 2. The lowest BCUT2D eigenvalue weighted by Gasteiger charge is -2.07. The Kier molecular flexibility index (Phi) is 4.74. The van der Waals surface area contributed by atoms with E-state index < -0.39 is 10.8 Å². The van der Waals surface area contributed by atoms with Crippen molar-refractivity contribution in [1.82, 2.24) is 0 Å². The average Bonchev–Trinajstić information content (AvgIpc) is 2.37. The van der Waals surface area contributed by atoms with Gasteiger partial charge in [0.25, 0.3) is 0 Å². The Morgan fingerprint density at radius 3 is 2.42 bits per heavy atom. The summed E-state index contributed by atoms with van der Waals surface area (Å²) in [6.45, 7) is 0. The molecule has 0 aliphatic rings. The minimum absolute atomic E-state index is 0.282. The maximum atomic E-state index is 12.3. The summed E-state index contributed by atoms with van der Waals surface area (Å²) in [6.07, 6.45) is 0. The van der Waals surface area contributed by atoms with Crippen LogP contribution in [-0.2, 0) is 16.6 Å². The Hall–Kier alpha value is -0.740. The van der Waals surface area contributed by atoms with E-state index in [9.17, 15) is 4.21 Å². The molecule has 0 saturated heterocycles. The molecule has 1 unspecified atom stereocenters. The zero-order chi connectivity index (χ0) is 14.0. The normalized spacial score (nSPS) is 12.4. The summed E-state index contributed by atoms with van der Waals surface area (Å²) in [5.74, 6) is 0.282. The smallest absolute Gasteiger partial charge is 0.0604 e. The molecule has 19 heavy (non-hydrogen) atoms. The molecule has 0 amide bonds. The van der Waals surface area contributed by atoms with E-state index in [4.69, 9.17) is 40.5 Å². The third-order valence-electron chi connectivity index (χ3n) is 2.55. The number of nitrogens with two attached hydrogens (primary N) is 1. The summed E-state index contributed by atoms with van der Waals surface area (Å²) >= 11 is 17.6. The Labute approximate surface area is 128 Å². The van der Waals surface area contributed by atoms with Crippen LogP contribution in [0.5, 0.6) is 0 Å². The van der Waals surface area contributed by atoms with Crippen LogP contribution in [0, 0.1) is 0 Å². The van der Waals surface area contributed by atoms with Crippen LogP contribution >= 0.6 is 34.8 Å². The highest BCUT2D eigenvalue weighted by Crippen LogP contribution is 2.26. The van der Waals surface area contributed by atoms with Crippen LogP contribution in [0.3, 0.4) is 0 Å². The molecule has 0 saturated carbocycles. The summed E-state index contributed by atoms with van der Waals surface area (Å²) in [4.78, 5) is 0.605. The Morgan fingerprint density at radius 2 is 1.74 bits per heavy atom. The molecule has 0 fully saturated rings. The molecule has 0 spiro atoms. The van der Waals surface area contributed by atoms with Gasteiger partial charge in [0.05, 0.1) is 26.6 Å². The Bertz CT molecular complexity index is 646. The lowest BCUT2D eigenvalue weighted by Crippen LogP contribution is -2.00. The van der Waals surface area contributed by atoms with Gasteiger partial charge in [0, 0.05) is 15.6 Å². The molecule has 2 aromatic rings. The summed E-state index contributed by atoms with van der Waals surface area (Å²) < 4.78 is 12.3. The predicted octanol–water partition coefficient (Wildman–Crippen LogP) is 4.54. The third kappa shape index (κ3) is 3.63. The molecule has 2 rings (SSSR count). The summed E-state index contributed by atoms with van der Waals surface area (Å²) in [6, 6.07) is 10.0. The largest absolute Gasteiger partial charge is 0.398 e. The van der Waals surface area contributed by atoms with Gasteiger partial charge in [-0.1, -0.05) is 34.8 Å². The van der Waals surface area contributed by atoms with Crippen molar-refractivity contribution in [3.05, 3.63) is 57.0 Å². The van der Waals surface area contributed by atoms with Gasteiger partial charge in [-0.15, -0.1) is 0 Å². The second kappa shape index (κ2) is 6.14. The zero-order valence-corrected chi connectivity index (χ0v) is 12.8. The van der Waals surface area contributed by atoms with Gasteiger partial charge >= 0.3 is 0 Å². The number of rotatable bonds is 3. The van der Waals surface area contributed by atoms with Crippen molar-refractivity contribution in [3.8, 4) is 0 Å². The van der Waals surface area contributed by atoms with E-state index in [-0.39, 0.29) is 5.75 Å². The lowest BCUT2D eigenvalue weighted by molar-refractivity contribution is 0.682. The molecular formula is C13H10Cl3NOS. The molecular weight excluding hydrogens is 325 g/mol.